The molecule has 0 fully saturated rings. The van der Waals surface area contributed by atoms with Gasteiger partial charge in [0.05, 0.1) is 12.6 Å². The van der Waals surface area contributed by atoms with Gasteiger partial charge in [-0.25, -0.2) is 4.79 Å². The van der Waals surface area contributed by atoms with Crippen molar-refractivity contribution in [1.82, 2.24) is 0 Å². The molecule has 0 atom stereocenters. The molecule has 0 aliphatic carbocycles. The lowest BCUT2D eigenvalue weighted by molar-refractivity contribution is -0.297. The van der Waals surface area contributed by atoms with Crippen molar-refractivity contribution in [2.75, 3.05) is 13.2 Å². The Labute approximate surface area is 62.9 Å². The molecule has 0 aromatic rings. The van der Waals surface area contributed by atoms with Gasteiger partial charge >= 0.3 is 5.97 Å². The molecule has 1 N–H and O–H groups in total. The van der Waals surface area contributed by atoms with Crippen LogP contribution in [-0.2, 0) is 14.3 Å². The van der Waals surface area contributed by atoms with Gasteiger partial charge in [-0.2, -0.15) is 0 Å². The molecule has 0 aliphatic heterocycles. The average Bonchev–Trinajstić information content (AvgIpc) is 1.97. The highest BCUT2D eigenvalue weighted by Crippen LogP contribution is 1.79. The zero-order chi connectivity index (χ0) is 8.69. The first-order valence-corrected chi connectivity index (χ1v) is 2.83. The molecule has 0 spiro atoms. The first-order chi connectivity index (χ1) is 5.16. The van der Waals surface area contributed by atoms with E-state index in [1.807, 2.05) is 0 Å². The lowest BCUT2D eigenvalue weighted by atomic mass is 10.5. The van der Waals surface area contributed by atoms with Crippen molar-refractivity contribution in [1.29, 1.82) is 0 Å². The third-order valence-electron chi connectivity index (χ3n) is 0.691. The molecule has 62 valence electrons. The van der Waals surface area contributed by atoms with Gasteiger partial charge in [-0.1, -0.05) is 0 Å². The van der Waals surface area contributed by atoms with Crippen LogP contribution in [0.15, 0.2) is 12.2 Å². The van der Waals surface area contributed by atoms with E-state index in [2.05, 4.69) is 4.74 Å². The molecule has 0 rings (SSSR count). The molecule has 0 aromatic carbocycles. The fraction of sp³-hybridized carbons (Fsp3) is 0.333. The Hall–Kier alpha value is -1.36. The summed E-state index contributed by atoms with van der Waals surface area (Å²) in [5.74, 6) is -2.28. The summed E-state index contributed by atoms with van der Waals surface area (Å²) in [5.41, 5.74) is 0. The molecule has 5 heteroatoms. The van der Waals surface area contributed by atoms with Crippen LogP contribution in [0.25, 0.3) is 0 Å². The molecule has 0 radical (unpaired) electrons. The molecule has 0 bridgehead atoms. The fourth-order valence-corrected chi connectivity index (χ4v) is 0.330. The Morgan fingerprint density at radius 3 is 2.55 bits per heavy atom. The zero-order valence-corrected chi connectivity index (χ0v) is 5.65. The molecule has 0 aliphatic rings. The van der Waals surface area contributed by atoms with Crippen LogP contribution in [0.1, 0.15) is 0 Å². The summed E-state index contributed by atoms with van der Waals surface area (Å²) < 4.78 is 4.27. The average molecular weight is 159 g/mol. The maximum absolute atomic E-state index is 10.4. The van der Waals surface area contributed by atoms with Gasteiger partial charge in [0.25, 0.3) is 0 Å². The monoisotopic (exact) mass is 159 g/mol. The number of carboxylic acids is 1. The van der Waals surface area contributed by atoms with Crippen molar-refractivity contribution in [3.05, 3.63) is 12.2 Å². The number of ether oxygens (including phenoxy) is 1. The highest BCUT2D eigenvalue weighted by Gasteiger charge is 1.93. The third kappa shape index (κ3) is 6.53. The standard InChI is InChI=1S/C6H8O5/c7-3-4-11-6(10)2-1-5(8)9/h1-2,7H,3-4H2,(H,8,9)/p-1/b2-1+. The van der Waals surface area contributed by atoms with Gasteiger partial charge in [0.1, 0.15) is 6.61 Å². The van der Waals surface area contributed by atoms with Gasteiger partial charge in [0.15, 0.2) is 0 Å². The van der Waals surface area contributed by atoms with Gasteiger partial charge in [0.2, 0.25) is 0 Å². The van der Waals surface area contributed by atoms with Crippen molar-refractivity contribution in [3.63, 3.8) is 0 Å². The van der Waals surface area contributed by atoms with Gasteiger partial charge in [-0.3, -0.25) is 0 Å². The minimum atomic E-state index is -1.47. The lowest BCUT2D eigenvalue weighted by Gasteiger charge is -1.96. The molecule has 0 unspecified atom stereocenters. The van der Waals surface area contributed by atoms with E-state index in [9.17, 15) is 14.7 Å². The van der Waals surface area contributed by atoms with Crippen LogP contribution in [0.4, 0.5) is 0 Å². The Bertz CT molecular complexity index is 172. The number of esters is 1. The minimum absolute atomic E-state index is 0.143. The smallest absolute Gasteiger partial charge is 0.330 e. The van der Waals surface area contributed by atoms with E-state index in [0.29, 0.717) is 12.2 Å². The minimum Gasteiger partial charge on any atom is -0.545 e. The molecule has 0 saturated carbocycles. The zero-order valence-electron chi connectivity index (χ0n) is 5.65. The maximum Gasteiger partial charge on any atom is 0.330 e. The number of carbonyl (C=O) groups is 2. The number of carboxylic acid groups (broad SMARTS) is 1. The van der Waals surface area contributed by atoms with E-state index in [1.165, 1.54) is 0 Å². The summed E-state index contributed by atoms with van der Waals surface area (Å²) in [6.07, 6.45) is 1.27. The summed E-state index contributed by atoms with van der Waals surface area (Å²) in [4.78, 5) is 20.1. The van der Waals surface area contributed by atoms with Crippen molar-refractivity contribution >= 4 is 11.9 Å². The number of carbonyl (C=O) groups excluding carboxylic acids is 2. The highest BCUT2D eigenvalue weighted by molar-refractivity contribution is 5.89. The van der Waals surface area contributed by atoms with Crippen LogP contribution in [0.2, 0.25) is 0 Å². The van der Waals surface area contributed by atoms with Gasteiger partial charge in [0, 0.05) is 6.08 Å². The largest absolute Gasteiger partial charge is 0.545 e. The van der Waals surface area contributed by atoms with E-state index >= 15 is 0 Å². The second-order valence-corrected chi connectivity index (χ2v) is 1.54. The molecule has 0 amide bonds. The molecule has 0 saturated heterocycles. The van der Waals surface area contributed by atoms with Crippen LogP contribution in [0.3, 0.4) is 0 Å². The normalized spacial score (nSPS) is 9.91. The van der Waals surface area contributed by atoms with E-state index in [4.69, 9.17) is 5.11 Å². The molecular weight excluding hydrogens is 152 g/mol. The number of hydrogen-bond donors (Lipinski definition) is 1. The van der Waals surface area contributed by atoms with Crippen molar-refractivity contribution < 1.29 is 24.5 Å². The second kappa shape index (κ2) is 5.43. The predicted octanol–water partition coefficient (Wildman–Crippen LogP) is -2.17. The van der Waals surface area contributed by atoms with Crippen molar-refractivity contribution in [3.8, 4) is 0 Å². The van der Waals surface area contributed by atoms with E-state index in [1.54, 1.807) is 0 Å². The summed E-state index contributed by atoms with van der Waals surface area (Å²) in [6.45, 7) is -0.429. The van der Waals surface area contributed by atoms with Gasteiger partial charge in [-0.05, 0) is 6.08 Å². The summed E-state index contributed by atoms with van der Waals surface area (Å²) in [6, 6.07) is 0. The quantitative estimate of drug-likeness (QED) is 0.372. The first kappa shape index (κ1) is 9.64. The van der Waals surface area contributed by atoms with Crippen molar-refractivity contribution in [2.45, 2.75) is 0 Å². The first-order valence-electron chi connectivity index (χ1n) is 2.83. The molecule has 0 heterocycles. The summed E-state index contributed by atoms with van der Waals surface area (Å²) >= 11 is 0. The van der Waals surface area contributed by atoms with Crippen molar-refractivity contribution in [2.24, 2.45) is 0 Å². The molecule has 0 aromatic heterocycles. The fourth-order valence-electron chi connectivity index (χ4n) is 0.330. The Balaban J connectivity index is 3.60. The second-order valence-electron chi connectivity index (χ2n) is 1.54. The highest BCUT2D eigenvalue weighted by atomic mass is 16.5. The van der Waals surface area contributed by atoms with Gasteiger partial charge in [-0.15, -0.1) is 0 Å². The molecule has 5 nitrogen and oxygen atoms in total. The van der Waals surface area contributed by atoms with Crippen LogP contribution in [0, 0.1) is 0 Å². The number of aliphatic carboxylic acids is 1. The maximum atomic E-state index is 10.4. The lowest BCUT2D eigenvalue weighted by Crippen LogP contribution is -2.19. The van der Waals surface area contributed by atoms with Gasteiger partial charge < -0.3 is 19.7 Å². The van der Waals surface area contributed by atoms with E-state index in [-0.39, 0.29) is 13.2 Å². The number of aliphatic hydroxyl groups excluding tert-OH is 1. The molecular formula is C6H7O5-. The van der Waals surface area contributed by atoms with Crippen LogP contribution in [-0.4, -0.2) is 30.3 Å². The Kier molecular flexibility index (Phi) is 4.76. The van der Waals surface area contributed by atoms with Crippen LogP contribution in [0.5, 0.6) is 0 Å². The number of hydrogen-bond acceptors (Lipinski definition) is 5. The van der Waals surface area contributed by atoms with E-state index in [0.717, 1.165) is 0 Å². The summed E-state index contributed by atoms with van der Waals surface area (Å²) in [7, 11) is 0. The molecule has 11 heavy (non-hydrogen) atoms. The topological polar surface area (TPSA) is 86.7 Å². The van der Waals surface area contributed by atoms with E-state index < -0.39 is 11.9 Å². The Morgan fingerprint density at radius 1 is 1.45 bits per heavy atom. The number of aliphatic hydroxyl groups is 1. The van der Waals surface area contributed by atoms with Crippen LogP contribution < -0.4 is 5.11 Å². The van der Waals surface area contributed by atoms with Crippen LogP contribution >= 0.6 is 0 Å². The third-order valence-corrected chi connectivity index (χ3v) is 0.691. The summed E-state index contributed by atoms with van der Waals surface area (Å²) in [5, 5.41) is 17.9. The Morgan fingerprint density at radius 2 is 2.09 bits per heavy atom. The SMILES string of the molecule is O=C([O-])/C=C/C(=O)OCCO. The number of rotatable bonds is 4. The predicted molar refractivity (Wildman–Crippen MR) is 32.2 cm³/mol.